The molecule has 1 fully saturated rings. The first kappa shape index (κ1) is 11.7. The van der Waals surface area contributed by atoms with Crippen LogP contribution in [0.15, 0.2) is 22.9 Å². The molecule has 0 saturated heterocycles. The highest BCUT2D eigenvalue weighted by Gasteiger charge is 2.30. The molecular weight excluding hydrogens is 292 g/mol. The standard InChI is InChI=1S/C13H15BrN4/c1-2-18-12(15)11(17-13(18)8-3-4-8)9-5-10(14)7-16-6-9/h5-8H,2-4,15H2,1H3. The largest absolute Gasteiger partial charge is 0.383 e. The fourth-order valence-corrected chi connectivity index (χ4v) is 2.59. The van der Waals surface area contributed by atoms with E-state index in [1.54, 1.807) is 12.4 Å². The lowest BCUT2D eigenvalue weighted by atomic mass is 10.2. The predicted molar refractivity (Wildman–Crippen MR) is 75.2 cm³/mol. The lowest BCUT2D eigenvalue weighted by Gasteiger charge is -2.05. The van der Waals surface area contributed by atoms with Crippen molar-refractivity contribution in [2.45, 2.75) is 32.2 Å². The van der Waals surface area contributed by atoms with Gasteiger partial charge in [-0.2, -0.15) is 0 Å². The number of imidazole rings is 1. The summed E-state index contributed by atoms with van der Waals surface area (Å²) in [5.41, 5.74) is 8.04. The second-order valence-corrected chi connectivity index (χ2v) is 5.53. The minimum absolute atomic E-state index is 0.598. The molecule has 0 bridgehead atoms. The Morgan fingerprint density at radius 3 is 2.83 bits per heavy atom. The summed E-state index contributed by atoms with van der Waals surface area (Å²) >= 11 is 3.43. The van der Waals surface area contributed by atoms with Gasteiger partial charge in [0.15, 0.2) is 0 Å². The molecule has 2 N–H and O–H groups in total. The highest BCUT2D eigenvalue weighted by atomic mass is 79.9. The molecule has 4 nitrogen and oxygen atoms in total. The number of anilines is 1. The summed E-state index contributed by atoms with van der Waals surface area (Å²) in [6.45, 7) is 2.97. The molecule has 0 radical (unpaired) electrons. The molecule has 0 unspecified atom stereocenters. The van der Waals surface area contributed by atoms with Crippen molar-refractivity contribution in [3.8, 4) is 11.3 Å². The SMILES string of the molecule is CCn1c(C2CC2)nc(-c2cncc(Br)c2)c1N. The van der Waals surface area contributed by atoms with Crippen LogP contribution in [0.5, 0.6) is 0 Å². The maximum atomic E-state index is 6.22. The van der Waals surface area contributed by atoms with E-state index >= 15 is 0 Å². The Bertz CT molecular complexity index is 587. The summed E-state index contributed by atoms with van der Waals surface area (Å²) in [6.07, 6.45) is 6.03. The van der Waals surface area contributed by atoms with Gasteiger partial charge in [0, 0.05) is 34.9 Å². The van der Waals surface area contributed by atoms with E-state index in [1.165, 1.54) is 12.8 Å². The Morgan fingerprint density at radius 2 is 2.22 bits per heavy atom. The molecule has 0 atom stereocenters. The van der Waals surface area contributed by atoms with Crippen molar-refractivity contribution >= 4 is 21.7 Å². The summed E-state index contributed by atoms with van der Waals surface area (Å²) in [5, 5.41) is 0. The van der Waals surface area contributed by atoms with Crippen LogP contribution in [0.1, 0.15) is 31.5 Å². The van der Waals surface area contributed by atoms with Crippen LogP contribution in [0, 0.1) is 0 Å². The van der Waals surface area contributed by atoms with E-state index in [0.29, 0.717) is 5.92 Å². The third-order valence-electron chi connectivity index (χ3n) is 3.27. The molecule has 0 aliphatic heterocycles. The number of halogens is 1. The molecule has 3 rings (SSSR count). The maximum Gasteiger partial charge on any atom is 0.131 e. The normalized spacial score (nSPS) is 15.0. The number of nitrogens with two attached hydrogens (primary N) is 1. The van der Waals surface area contributed by atoms with Crippen LogP contribution in [-0.2, 0) is 6.54 Å². The number of rotatable bonds is 3. The van der Waals surface area contributed by atoms with Crippen molar-refractivity contribution in [1.29, 1.82) is 0 Å². The molecule has 0 spiro atoms. The van der Waals surface area contributed by atoms with Gasteiger partial charge < -0.3 is 10.3 Å². The monoisotopic (exact) mass is 306 g/mol. The van der Waals surface area contributed by atoms with E-state index in [4.69, 9.17) is 10.7 Å². The van der Waals surface area contributed by atoms with E-state index in [9.17, 15) is 0 Å². The number of nitrogens with zero attached hydrogens (tertiary/aromatic N) is 3. The molecule has 94 valence electrons. The van der Waals surface area contributed by atoms with Gasteiger partial charge in [0.2, 0.25) is 0 Å². The van der Waals surface area contributed by atoms with E-state index in [1.807, 2.05) is 6.07 Å². The van der Waals surface area contributed by atoms with Crippen LogP contribution in [0.25, 0.3) is 11.3 Å². The smallest absolute Gasteiger partial charge is 0.131 e. The van der Waals surface area contributed by atoms with Crippen molar-refractivity contribution in [2.75, 3.05) is 5.73 Å². The lowest BCUT2D eigenvalue weighted by Crippen LogP contribution is -2.04. The van der Waals surface area contributed by atoms with Gasteiger partial charge in [0.05, 0.1) is 0 Å². The summed E-state index contributed by atoms with van der Waals surface area (Å²) in [5.74, 6) is 2.48. The number of hydrogen-bond acceptors (Lipinski definition) is 3. The van der Waals surface area contributed by atoms with Gasteiger partial charge in [0.25, 0.3) is 0 Å². The van der Waals surface area contributed by atoms with E-state index in [-0.39, 0.29) is 0 Å². The molecule has 1 aliphatic rings. The van der Waals surface area contributed by atoms with Crippen LogP contribution in [0.2, 0.25) is 0 Å². The van der Waals surface area contributed by atoms with Crippen molar-refractivity contribution < 1.29 is 0 Å². The van der Waals surface area contributed by atoms with Crippen LogP contribution in [-0.4, -0.2) is 14.5 Å². The molecule has 18 heavy (non-hydrogen) atoms. The average molecular weight is 307 g/mol. The van der Waals surface area contributed by atoms with E-state index in [2.05, 4.69) is 32.4 Å². The quantitative estimate of drug-likeness (QED) is 0.947. The first-order valence-corrected chi connectivity index (χ1v) is 6.96. The molecular formula is C13H15BrN4. The second kappa shape index (κ2) is 4.39. The van der Waals surface area contributed by atoms with Crippen molar-refractivity contribution in [3.05, 3.63) is 28.8 Å². The van der Waals surface area contributed by atoms with E-state index < -0.39 is 0 Å². The molecule has 5 heteroatoms. The average Bonchev–Trinajstić information content (AvgIpc) is 3.13. The van der Waals surface area contributed by atoms with Gasteiger partial charge in [-0.05, 0) is 41.8 Å². The second-order valence-electron chi connectivity index (χ2n) is 4.61. The fraction of sp³-hybridized carbons (Fsp3) is 0.385. The minimum atomic E-state index is 0.598. The van der Waals surface area contributed by atoms with Gasteiger partial charge in [-0.1, -0.05) is 0 Å². The van der Waals surface area contributed by atoms with Gasteiger partial charge in [-0.15, -0.1) is 0 Å². The number of pyridine rings is 1. The topological polar surface area (TPSA) is 56.7 Å². The molecule has 2 aromatic heterocycles. The number of aromatic nitrogens is 3. The van der Waals surface area contributed by atoms with Crippen molar-refractivity contribution in [1.82, 2.24) is 14.5 Å². The summed E-state index contributed by atoms with van der Waals surface area (Å²) in [6, 6.07) is 2.00. The van der Waals surface area contributed by atoms with Crippen LogP contribution >= 0.6 is 15.9 Å². The predicted octanol–water partition coefficient (Wildman–Crippen LogP) is 3.19. The Hall–Kier alpha value is -1.36. The lowest BCUT2D eigenvalue weighted by molar-refractivity contribution is 0.708. The zero-order chi connectivity index (χ0) is 12.7. The van der Waals surface area contributed by atoms with Gasteiger partial charge in [0.1, 0.15) is 17.3 Å². The van der Waals surface area contributed by atoms with Gasteiger partial charge >= 0.3 is 0 Å². The Labute approximate surface area is 114 Å². The maximum absolute atomic E-state index is 6.22. The van der Waals surface area contributed by atoms with Crippen molar-refractivity contribution in [3.63, 3.8) is 0 Å². The number of nitrogen functional groups attached to an aromatic ring is 1. The van der Waals surface area contributed by atoms with Gasteiger partial charge in [-0.25, -0.2) is 4.98 Å². The zero-order valence-electron chi connectivity index (χ0n) is 10.2. The van der Waals surface area contributed by atoms with E-state index in [0.717, 1.165) is 33.9 Å². The third-order valence-corrected chi connectivity index (χ3v) is 3.71. The molecule has 2 aromatic rings. The Kier molecular flexibility index (Phi) is 2.86. The zero-order valence-corrected chi connectivity index (χ0v) is 11.8. The molecule has 1 saturated carbocycles. The Balaban J connectivity index is 2.12. The third kappa shape index (κ3) is 1.92. The summed E-state index contributed by atoms with van der Waals surface area (Å²) in [4.78, 5) is 8.91. The molecule has 1 aliphatic carbocycles. The first-order valence-electron chi connectivity index (χ1n) is 6.17. The summed E-state index contributed by atoms with van der Waals surface area (Å²) in [7, 11) is 0. The van der Waals surface area contributed by atoms with Crippen LogP contribution in [0.3, 0.4) is 0 Å². The highest BCUT2D eigenvalue weighted by Crippen LogP contribution is 2.42. The molecule has 0 amide bonds. The molecule has 2 heterocycles. The van der Waals surface area contributed by atoms with Crippen LogP contribution < -0.4 is 5.73 Å². The van der Waals surface area contributed by atoms with Crippen LogP contribution in [0.4, 0.5) is 5.82 Å². The Morgan fingerprint density at radius 1 is 1.44 bits per heavy atom. The minimum Gasteiger partial charge on any atom is -0.383 e. The molecule has 0 aromatic carbocycles. The fourth-order valence-electron chi connectivity index (χ4n) is 2.22. The number of hydrogen-bond donors (Lipinski definition) is 1. The van der Waals surface area contributed by atoms with Gasteiger partial charge in [-0.3, -0.25) is 4.98 Å². The highest BCUT2D eigenvalue weighted by molar-refractivity contribution is 9.10. The van der Waals surface area contributed by atoms with Crippen molar-refractivity contribution in [2.24, 2.45) is 0 Å². The first-order chi connectivity index (χ1) is 8.70. The summed E-state index contributed by atoms with van der Waals surface area (Å²) < 4.78 is 3.06.